The second-order valence-electron chi connectivity index (χ2n) is 5.50. The van der Waals surface area contributed by atoms with E-state index in [4.69, 9.17) is 4.74 Å². The summed E-state index contributed by atoms with van der Waals surface area (Å²) in [5.41, 5.74) is 1.07. The Kier molecular flexibility index (Phi) is 5.83. The molecule has 1 N–H and O–H groups in total. The van der Waals surface area contributed by atoms with E-state index in [1.807, 2.05) is 18.2 Å². The Hall–Kier alpha value is -0.860. The minimum absolute atomic E-state index is 0.157. The Morgan fingerprint density at radius 1 is 1.22 bits per heavy atom. The first kappa shape index (κ1) is 15.2. The molecule has 0 aliphatic rings. The standard InChI is InChI=1S/C16H26O2/c1-5-14(13-9-7-6-8-10-13)15(17)11-12-16(2,3)18-4/h6-10,14-15,17H,5,11-12H2,1-4H3. The van der Waals surface area contributed by atoms with Crippen LogP contribution in [0.3, 0.4) is 0 Å². The molecule has 0 aliphatic carbocycles. The van der Waals surface area contributed by atoms with Gasteiger partial charge in [-0.1, -0.05) is 37.3 Å². The third-order valence-corrected chi connectivity index (χ3v) is 3.73. The lowest BCUT2D eigenvalue weighted by atomic mass is 9.86. The maximum atomic E-state index is 10.4. The molecule has 2 nitrogen and oxygen atoms in total. The van der Waals surface area contributed by atoms with Crippen LogP contribution >= 0.6 is 0 Å². The SMILES string of the molecule is CCC(c1ccccc1)C(O)CCC(C)(C)OC. The van der Waals surface area contributed by atoms with Gasteiger partial charge < -0.3 is 9.84 Å². The van der Waals surface area contributed by atoms with E-state index >= 15 is 0 Å². The Morgan fingerprint density at radius 3 is 2.33 bits per heavy atom. The Bertz CT molecular complexity index is 332. The first-order chi connectivity index (χ1) is 8.50. The number of methoxy groups -OCH3 is 1. The summed E-state index contributed by atoms with van der Waals surface area (Å²) in [4.78, 5) is 0. The lowest BCUT2D eigenvalue weighted by Gasteiger charge is -2.27. The normalized spacial score (nSPS) is 15.4. The van der Waals surface area contributed by atoms with Crippen LogP contribution in [0, 0.1) is 0 Å². The molecule has 0 saturated carbocycles. The van der Waals surface area contributed by atoms with E-state index in [0.29, 0.717) is 0 Å². The smallest absolute Gasteiger partial charge is 0.0623 e. The molecule has 1 aromatic carbocycles. The van der Waals surface area contributed by atoms with E-state index < -0.39 is 0 Å². The molecule has 18 heavy (non-hydrogen) atoms. The molecule has 0 aromatic heterocycles. The van der Waals surface area contributed by atoms with Crippen LogP contribution < -0.4 is 0 Å². The van der Waals surface area contributed by atoms with E-state index in [1.54, 1.807) is 7.11 Å². The first-order valence-electron chi connectivity index (χ1n) is 6.78. The van der Waals surface area contributed by atoms with Crippen molar-refractivity contribution in [1.29, 1.82) is 0 Å². The van der Waals surface area contributed by atoms with Gasteiger partial charge in [0.2, 0.25) is 0 Å². The Morgan fingerprint density at radius 2 is 1.83 bits per heavy atom. The molecule has 0 spiro atoms. The summed E-state index contributed by atoms with van der Waals surface area (Å²) in [5, 5.41) is 10.4. The lowest BCUT2D eigenvalue weighted by Crippen LogP contribution is -2.27. The number of aliphatic hydroxyl groups excluding tert-OH is 1. The highest BCUT2D eigenvalue weighted by Gasteiger charge is 2.23. The quantitative estimate of drug-likeness (QED) is 0.798. The molecule has 0 radical (unpaired) electrons. The predicted molar refractivity (Wildman–Crippen MR) is 75.8 cm³/mol. The topological polar surface area (TPSA) is 29.5 Å². The van der Waals surface area contributed by atoms with E-state index in [9.17, 15) is 5.11 Å². The van der Waals surface area contributed by atoms with Crippen molar-refractivity contribution in [3.8, 4) is 0 Å². The molecule has 0 fully saturated rings. The third kappa shape index (κ3) is 4.43. The molecule has 0 amide bonds. The van der Waals surface area contributed by atoms with E-state index in [1.165, 1.54) is 5.56 Å². The first-order valence-corrected chi connectivity index (χ1v) is 6.78. The van der Waals surface area contributed by atoms with Crippen LogP contribution in [0.25, 0.3) is 0 Å². The van der Waals surface area contributed by atoms with Gasteiger partial charge in [0.25, 0.3) is 0 Å². The molecule has 2 atom stereocenters. The van der Waals surface area contributed by atoms with Crippen molar-refractivity contribution in [3.63, 3.8) is 0 Å². The molecule has 1 aromatic rings. The second-order valence-corrected chi connectivity index (χ2v) is 5.50. The van der Waals surface area contributed by atoms with Crippen molar-refractivity contribution in [3.05, 3.63) is 35.9 Å². The average Bonchev–Trinajstić information content (AvgIpc) is 2.39. The molecule has 0 aliphatic heterocycles. The number of rotatable bonds is 7. The van der Waals surface area contributed by atoms with Crippen molar-refractivity contribution in [2.45, 2.75) is 57.7 Å². The highest BCUT2D eigenvalue weighted by Crippen LogP contribution is 2.28. The highest BCUT2D eigenvalue weighted by atomic mass is 16.5. The van der Waals surface area contributed by atoms with E-state index in [-0.39, 0.29) is 17.6 Å². The maximum absolute atomic E-state index is 10.4. The van der Waals surface area contributed by atoms with Crippen LogP contribution in [0.1, 0.15) is 51.5 Å². The van der Waals surface area contributed by atoms with Gasteiger partial charge in [-0.15, -0.1) is 0 Å². The van der Waals surface area contributed by atoms with E-state index in [2.05, 4.69) is 32.9 Å². The average molecular weight is 250 g/mol. The van der Waals surface area contributed by atoms with Crippen molar-refractivity contribution >= 4 is 0 Å². The maximum Gasteiger partial charge on any atom is 0.0623 e. The van der Waals surface area contributed by atoms with Gasteiger partial charge in [0, 0.05) is 13.0 Å². The summed E-state index contributed by atoms with van der Waals surface area (Å²) < 4.78 is 5.40. The molecular formula is C16H26O2. The van der Waals surface area contributed by atoms with Crippen molar-refractivity contribution in [1.82, 2.24) is 0 Å². The molecule has 1 rings (SSSR count). The largest absolute Gasteiger partial charge is 0.392 e. The molecule has 0 heterocycles. The fraction of sp³-hybridized carbons (Fsp3) is 0.625. The molecule has 2 unspecified atom stereocenters. The van der Waals surface area contributed by atoms with Gasteiger partial charge in [-0.3, -0.25) is 0 Å². The Balaban J connectivity index is 2.61. The highest BCUT2D eigenvalue weighted by molar-refractivity contribution is 5.20. The van der Waals surface area contributed by atoms with Gasteiger partial charge in [0.1, 0.15) is 0 Å². The van der Waals surface area contributed by atoms with Gasteiger partial charge >= 0.3 is 0 Å². The molecule has 0 bridgehead atoms. The number of ether oxygens (including phenoxy) is 1. The van der Waals surface area contributed by atoms with E-state index in [0.717, 1.165) is 19.3 Å². The zero-order valence-corrected chi connectivity index (χ0v) is 12.0. The van der Waals surface area contributed by atoms with Gasteiger partial charge in [-0.05, 0) is 38.7 Å². The monoisotopic (exact) mass is 250 g/mol. The van der Waals surface area contributed by atoms with Gasteiger partial charge in [-0.25, -0.2) is 0 Å². The lowest BCUT2D eigenvalue weighted by molar-refractivity contribution is 0.0000562. The van der Waals surface area contributed by atoms with Crippen molar-refractivity contribution in [2.24, 2.45) is 0 Å². The minimum Gasteiger partial charge on any atom is -0.392 e. The van der Waals surface area contributed by atoms with Crippen LogP contribution in [0.15, 0.2) is 30.3 Å². The van der Waals surface area contributed by atoms with Crippen LogP contribution in [0.2, 0.25) is 0 Å². The zero-order chi connectivity index (χ0) is 13.6. The Labute approximate surface area is 111 Å². The predicted octanol–water partition coefficient (Wildman–Crippen LogP) is 3.75. The number of aliphatic hydroxyl groups is 1. The van der Waals surface area contributed by atoms with Crippen LogP contribution in [-0.2, 0) is 4.74 Å². The van der Waals surface area contributed by atoms with Crippen molar-refractivity contribution < 1.29 is 9.84 Å². The molecule has 102 valence electrons. The summed E-state index contributed by atoms with van der Waals surface area (Å²) in [6.07, 6.45) is 2.30. The van der Waals surface area contributed by atoms with Crippen LogP contribution in [0.4, 0.5) is 0 Å². The minimum atomic E-state index is -0.299. The summed E-state index contributed by atoms with van der Waals surface area (Å²) in [6, 6.07) is 10.3. The second kappa shape index (κ2) is 6.91. The van der Waals surface area contributed by atoms with Crippen LogP contribution in [0.5, 0.6) is 0 Å². The summed E-state index contributed by atoms with van der Waals surface area (Å²) in [5.74, 6) is 0.221. The van der Waals surface area contributed by atoms with Gasteiger partial charge in [-0.2, -0.15) is 0 Å². The summed E-state index contributed by atoms with van der Waals surface area (Å²) in [6.45, 7) is 6.24. The van der Waals surface area contributed by atoms with Crippen molar-refractivity contribution in [2.75, 3.05) is 7.11 Å². The van der Waals surface area contributed by atoms with Crippen LogP contribution in [-0.4, -0.2) is 23.9 Å². The number of hydrogen-bond donors (Lipinski definition) is 1. The molecule has 2 heteroatoms. The number of benzene rings is 1. The number of hydrogen-bond acceptors (Lipinski definition) is 2. The van der Waals surface area contributed by atoms with Gasteiger partial charge in [0.15, 0.2) is 0 Å². The zero-order valence-electron chi connectivity index (χ0n) is 12.0. The fourth-order valence-corrected chi connectivity index (χ4v) is 2.23. The molecule has 0 saturated heterocycles. The summed E-state index contributed by atoms with van der Waals surface area (Å²) in [7, 11) is 1.72. The summed E-state index contributed by atoms with van der Waals surface area (Å²) >= 11 is 0. The van der Waals surface area contributed by atoms with Gasteiger partial charge in [0.05, 0.1) is 11.7 Å². The third-order valence-electron chi connectivity index (χ3n) is 3.73. The molecular weight excluding hydrogens is 224 g/mol. The fourth-order valence-electron chi connectivity index (χ4n) is 2.23.